The van der Waals surface area contributed by atoms with E-state index in [0.29, 0.717) is 34.5 Å². The second-order valence-electron chi connectivity index (χ2n) is 6.89. The summed E-state index contributed by atoms with van der Waals surface area (Å²) >= 11 is 0. The molecular weight excluding hydrogens is 349 g/mol. The van der Waals surface area contributed by atoms with Crippen LogP contribution in [0.2, 0.25) is 0 Å². The molecule has 0 aromatic carbocycles. The number of nitrogens with one attached hydrogen (secondary N) is 1. The molecule has 1 saturated carbocycles. The van der Waals surface area contributed by atoms with Crippen molar-refractivity contribution < 1.29 is 14.3 Å². The Morgan fingerprint density at radius 2 is 2.19 bits per heavy atom. The SMILES string of the molecule is O=C(O)[C@H]1CCCC1n1ccc2cnc(-c3c[nH]c4ncc(F)cc34)nc21. The van der Waals surface area contributed by atoms with Crippen molar-refractivity contribution in [2.45, 2.75) is 25.3 Å². The fourth-order valence-corrected chi connectivity index (χ4v) is 4.06. The van der Waals surface area contributed by atoms with E-state index in [1.54, 1.807) is 12.4 Å². The Bertz CT molecular complexity index is 1180. The quantitative estimate of drug-likeness (QED) is 0.579. The van der Waals surface area contributed by atoms with Crippen LogP contribution in [-0.4, -0.2) is 35.6 Å². The Hall–Kier alpha value is -3.29. The normalized spacial score (nSPS) is 19.9. The van der Waals surface area contributed by atoms with Crippen molar-refractivity contribution in [2.75, 3.05) is 0 Å². The van der Waals surface area contributed by atoms with Gasteiger partial charge in [-0.15, -0.1) is 0 Å². The number of aromatic nitrogens is 5. The molecule has 1 fully saturated rings. The molecular formula is C19H16FN5O2. The molecule has 0 saturated heterocycles. The Balaban J connectivity index is 1.65. The molecule has 0 bridgehead atoms. The zero-order valence-corrected chi connectivity index (χ0v) is 14.3. The van der Waals surface area contributed by atoms with Crippen molar-refractivity contribution in [3.05, 3.63) is 42.7 Å². The van der Waals surface area contributed by atoms with Crippen molar-refractivity contribution >= 4 is 28.0 Å². The number of aliphatic carboxylic acids is 1. The first-order chi connectivity index (χ1) is 13.1. The van der Waals surface area contributed by atoms with Crippen molar-refractivity contribution in [1.82, 2.24) is 24.5 Å². The van der Waals surface area contributed by atoms with Crippen LogP contribution in [0.1, 0.15) is 25.3 Å². The van der Waals surface area contributed by atoms with Gasteiger partial charge >= 0.3 is 5.97 Å². The largest absolute Gasteiger partial charge is 0.481 e. The molecule has 0 amide bonds. The van der Waals surface area contributed by atoms with Gasteiger partial charge in [-0.2, -0.15) is 0 Å². The number of carboxylic acid groups (broad SMARTS) is 1. The summed E-state index contributed by atoms with van der Waals surface area (Å²) in [5.74, 6) is -1.16. The lowest BCUT2D eigenvalue weighted by atomic mass is 10.0. The molecule has 4 aromatic rings. The third-order valence-electron chi connectivity index (χ3n) is 5.35. The van der Waals surface area contributed by atoms with Crippen LogP contribution in [0.25, 0.3) is 33.5 Å². The van der Waals surface area contributed by atoms with Crippen LogP contribution in [-0.2, 0) is 4.79 Å². The monoisotopic (exact) mass is 365 g/mol. The maximum Gasteiger partial charge on any atom is 0.308 e. The third kappa shape index (κ3) is 2.48. The van der Waals surface area contributed by atoms with Crippen LogP contribution in [0.15, 0.2) is 36.9 Å². The van der Waals surface area contributed by atoms with E-state index < -0.39 is 17.7 Å². The smallest absolute Gasteiger partial charge is 0.308 e. The van der Waals surface area contributed by atoms with Gasteiger partial charge in [-0.1, -0.05) is 6.42 Å². The molecule has 1 unspecified atom stereocenters. The summed E-state index contributed by atoms with van der Waals surface area (Å²) < 4.78 is 15.6. The lowest BCUT2D eigenvalue weighted by molar-refractivity contribution is -0.142. The van der Waals surface area contributed by atoms with Crippen molar-refractivity contribution in [2.24, 2.45) is 5.92 Å². The third-order valence-corrected chi connectivity index (χ3v) is 5.35. The lowest BCUT2D eigenvalue weighted by Gasteiger charge is -2.18. The lowest BCUT2D eigenvalue weighted by Crippen LogP contribution is -2.21. The van der Waals surface area contributed by atoms with E-state index in [4.69, 9.17) is 0 Å². The van der Waals surface area contributed by atoms with Gasteiger partial charge in [0.05, 0.1) is 12.1 Å². The van der Waals surface area contributed by atoms with Crippen LogP contribution < -0.4 is 0 Å². The van der Waals surface area contributed by atoms with Gasteiger partial charge < -0.3 is 14.7 Å². The van der Waals surface area contributed by atoms with Crippen LogP contribution in [0.3, 0.4) is 0 Å². The topological polar surface area (TPSA) is 96.7 Å². The van der Waals surface area contributed by atoms with E-state index in [0.717, 1.165) is 24.4 Å². The highest BCUT2D eigenvalue weighted by molar-refractivity contribution is 5.92. The highest BCUT2D eigenvalue weighted by atomic mass is 19.1. The number of fused-ring (bicyclic) bond motifs is 2. The highest BCUT2D eigenvalue weighted by Crippen LogP contribution is 2.38. The Morgan fingerprint density at radius 1 is 1.30 bits per heavy atom. The van der Waals surface area contributed by atoms with Crippen LogP contribution in [0.4, 0.5) is 4.39 Å². The summed E-state index contributed by atoms with van der Waals surface area (Å²) in [5.41, 5.74) is 1.91. The summed E-state index contributed by atoms with van der Waals surface area (Å²) in [4.78, 5) is 27.7. The molecule has 0 spiro atoms. The highest BCUT2D eigenvalue weighted by Gasteiger charge is 2.34. The standard InChI is InChI=1S/C19H16FN5O2/c20-11-6-13-14(9-23-16(13)22-8-11)17-21-7-10-4-5-25(18(10)24-17)15-3-1-2-12(15)19(26)27/h4-9,12,15H,1-3H2,(H,22,23)(H,26,27)/t12-,15?/m0/s1. The minimum atomic E-state index is -0.771. The first-order valence-electron chi connectivity index (χ1n) is 8.81. The van der Waals surface area contributed by atoms with Crippen molar-refractivity contribution in [3.63, 3.8) is 0 Å². The second-order valence-corrected chi connectivity index (χ2v) is 6.89. The minimum absolute atomic E-state index is 0.121. The van der Waals surface area contributed by atoms with E-state index >= 15 is 0 Å². The number of rotatable bonds is 3. The number of halogens is 1. The van der Waals surface area contributed by atoms with E-state index in [9.17, 15) is 14.3 Å². The van der Waals surface area contributed by atoms with Crippen LogP contribution >= 0.6 is 0 Å². The Kier molecular flexibility index (Phi) is 3.46. The molecule has 7 nitrogen and oxygen atoms in total. The average Bonchev–Trinajstić information content (AvgIpc) is 3.37. The molecule has 136 valence electrons. The van der Waals surface area contributed by atoms with E-state index in [1.165, 1.54) is 6.07 Å². The first kappa shape index (κ1) is 15.9. The van der Waals surface area contributed by atoms with Gasteiger partial charge in [-0.05, 0) is 25.0 Å². The number of H-pyrrole nitrogens is 1. The second kappa shape index (κ2) is 5.87. The molecule has 1 aliphatic carbocycles. The van der Waals surface area contributed by atoms with Gasteiger partial charge in [0.25, 0.3) is 0 Å². The van der Waals surface area contributed by atoms with Gasteiger partial charge in [0.2, 0.25) is 0 Å². The fourth-order valence-electron chi connectivity index (χ4n) is 4.06. The summed E-state index contributed by atoms with van der Waals surface area (Å²) in [6.07, 6.45) is 8.82. The molecule has 4 aromatic heterocycles. The number of hydrogen-bond acceptors (Lipinski definition) is 4. The maximum atomic E-state index is 13.6. The van der Waals surface area contributed by atoms with Crippen molar-refractivity contribution in [3.8, 4) is 11.4 Å². The number of carboxylic acids is 1. The predicted molar refractivity (Wildman–Crippen MR) is 96.6 cm³/mol. The fraction of sp³-hybridized carbons (Fsp3) is 0.263. The number of carbonyl (C=O) groups is 1. The number of nitrogens with zero attached hydrogens (tertiary/aromatic N) is 4. The van der Waals surface area contributed by atoms with E-state index in [1.807, 2.05) is 16.8 Å². The minimum Gasteiger partial charge on any atom is -0.481 e. The maximum absolute atomic E-state index is 13.6. The van der Waals surface area contributed by atoms with Gasteiger partial charge in [0.1, 0.15) is 17.1 Å². The molecule has 2 atom stereocenters. The average molecular weight is 365 g/mol. The molecule has 0 aliphatic heterocycles. The summed E-state index contributed by atoms with van der Waals surface area (Å²) in [5, 5.41) is 11.0. The number of pyridine rings is 1. The molecule has 27 heavy (non-hydrogen) atoms. The molecule has 1 aliphatic rings. The van der Waals surface area contributed by atoms with Crippen molar-refractivity contribution in [1.29, 1.82) is 0 Å². The zero-order valence-electron chi connectivity index (χ0n) is 14.3. The number of hydrogen-bond donors (Lipinski definition) is 2. The molecule has 4 heterocycles. The summed E-state index contributed by atoms with van der Waals surface area (Å²) in [6, 6.07) is 3.18. The Labute approximate surface area is 152 Å². The van der Waals surface area contributed by atoms with Gasteiger partial charge in [0, 0.05) is 41.0 Å². The van der Waals surface area contributed by atoms with E-state index in [2.05, 4.69) is 19.9 Å². The number of aromatic amines is 1. The van der Waals surface area contributed by atoms with E-state index in [-0.39, 0.29) is 6.04 Å². The summed E-state index contributed by atoms with van der Waals surface area (Å²) in [7, 11) is 0. The summed E-state index contributed by atoms with van der Waals surface area (Å²) in [6.45, 7) is 0. The Morgan fingerprint density at radius 3 is 3.04 bits per heavy atom. The molecule has 2 N–H and O–H groups in total. The first-order valence-corrected chi connectivity index (χ1v) is 8.81. The van der Waals surface area contributed by atoms with Gasteiger partial charge in [0.15, 0.2) is 5.82 Å². The molecule has 5 rings (SSSR count). The van der Waals surface area contributed by atoms with Crippen LogP contribution in [0.5, 0.6) is 0 Å². The molecule has 0 radical (unpaired) electrons. The predicted octanol–water partition coefficient (Wildman–Crippen LogP) is 3.54. The molecule has 8 heteroatoms. The van der Waals surface area contributed by atoms with Gasteiger partial charge in [-0.3, -0.25) is 4.79 Å². The van der Waals surface area contributed by atoms with Crippen LogP contribution in [0, 0.1) is 11.7 Å². The van der Waals surface area contributed by atoms with Gasteiger partial charge in [-0.25, -0.2) is 19.3 Å². The zero-order chi connectivity index (χ0) is 18.5.